The van der Waals surface area contributed by atoms with E-state index in [9.17, 15) is 4.79 Å². The Balaban J connectivity index is 1.37. The number of nitrogens with one attached hydrogen (secondary N) is 1. The van der Waals surface area contributed by atoms with Gasteiger partial charge in [0.2, 0.25) is 0 Å². The Morgan fingerprint density at radius 1 is 1.19 bits per heavy atom. The summed E-state index contributed by atoms with van der Waals surface area (Å²) in [6.07, 6.45) is 2.66. The summed E-state index contributed by atoms with van der Waals surface area (Å²) >= 11 is 0. The zero-order chi connectivity index (χ0) is 17.9. The van der Waals surface area contributed by atoms with Gasteiger partial charge in [-0.2, -0.15) is 0 Å². The molecule has 1 atom stereocenters. The molecule has 2 aromatic carbocycles. The molecule has 2 heterocycles. The highest BCUT2D eigenvalue weighted by molar-refractivity contribution is 5.84. The van der Waals surface area contributed by atoms with Crippen LogP contribution in [0.5, 0.6) is 5.75 Å². The normalized spacial score (nSPS) is 14.7. The molecule has 1 aliphatic rings. The van der Waals surface area contributed by atoms with Crippen LogP contribution in [0.3, 0.4) is 0 Å². The fourth-order valence-corrected chi connectivity index (χ4v) is 3.31. The van der Waals surface area contributed by atoms with E-state index < -0.39 is 6.10 Å². The van der Waals surface area contributed by atoms with Crippen LogP contribution in [-0.4, -0.2) is 26.8 Å². The van der Waals surface area contributed by atoms with Crippen LogP contribution >= 0.6 is 0 Å². The predicted molar refractivity (Wildman–Crippen MR) is 98.8 cm³/mol. The summed E-state index contributed by atoms with van der Waals surface area (Å²) in [6, 6.07) is 13.9. The molecule has 1 aliphatic heterocycles. The van der Waals surface area contributed by atoms with Crippen LogP contribution in [0.25, 0.3) is 10.8 Å². The molecule has 3 aromatic rings. The monoisotopic (exact) mass is 350 g/mol. The third-order valence-corrected chi connectivity index (χ3v) is 4.76. The summed E-state index contributed by atoms with van der Waals surface area (Å²) in [5.74, 6) is 2.35. The van der Waals surface area contributed by atoms with Gasteiger partial charge in [-0.1, -0.05) is 30.3 Å². The average molecular weight is 350 g/mol. The summed E-state index contributed by atoms with van der Waals surface area (Å²) in [4.78, 5) is 12.4. The quantitative estimate of drug-likeness (QED) is 0.768. The number of hydrogen-bond acceptors (Lipinski definition) is 4. The van der Waals surface area contributed by atoms with Gasteiger partial charge in [0.15, 0.2) is 11.9 Å². The number of aromatic nitrogens is 3. The number of carbonyl (C=O) groups is 1. The molecule has 0 bridgehead atoms. The second-order valence-electron chi connectivity index (χ2n) is 6.63. The predicted octanol–water partition coefficient (Wildman–Crippen LogP) is 2.85. The third-order valence-electron chi connectivity index (χ3n) is 4.76. The standard InChI is InChI=1S/C20H22N4O2/c1-14(26-17-10-9-15-6-2-3-7-16(15)12-17)20(25)21-13-19-23-22-18-8-4-5-11-24(18)19/h2-3,6-7,9-10,12,14H,4-5,8,11,13H2,1H3,(H,21,25). The number of ether oxygens (including phenoxy) is 1. The molecule has 0 saturated carbocycles. The number of hydrogen-bond donors (Lipinski definition) is 1. The van der Waals surface area contributed by atoms with Crippen molar-refractivity contribution >= 4 is 16.7 Å². The highest BCUT2D eigenvalue weighted by Gasteiger charge is 2.18. The van der Waals surface area contributed by atoms with E-state index in [0.29, 0.717) is 12.3 Å². The van der Waals surface area contributed by atoms with E-state index >= 15 is 0 Å². The summed E-state index contributed by atoms with van der Waals surface area (Å²) < 4.78 is 7.92. The van der Waals surface area contributed by atoms with Crippen LogP contribution < -0.4 is 10.1 Å². The largest absolute Gasteiger partial charge is 0.481 e. The second kappa shape index (κ2) is 7.15. The van der Waals surface area contributed by atoms with Crippen molar-refractivity contribution in [3.05, 3.63) is 54.1 Å². The lowest BCUT2D eigenvalue weighted by molar-refractivity contribution is -0.127. The first kappa shape index (κ1) is 16.6. The molecule has 0 spiro atoms. The van der Waals surface area contributed by atoms with Crippen molar-refractivity contribution in [2.45, 2.75) is 45.4 Å². The fraction of sp³-hybridized carbons (Fsp3) is 0.350. The van der Waals surface area contributed by atoms with E-state index in [1.807, 2.05) is 36.4 Å². The van der Waals surface area contributed by atoms with Crippen molar-refractivity contribution in [1.29, 1.82) is 0 Å². The van der Waals surface area contributed by atoms with Crippen LogP contribution in [0, 0.1) is 0 Å². The highest BCUT2D eigenvalue weighted by atomic mass is 16.5. The Morgan fingerprint density at radius 2 is 2.04 bits per heavy atom. The maximum Gasteiger partial charge on any atom is 0.261 e. The topological polar surface area (TPSA) is 69.0 Å². The third kappa shape index (κ3) is 3.40. The Bertz CT molecular complexity index is 934. The first-order valence-corrected chi connectivity index (χ1v) is 9.05. The van der Waals surface area contributed by atoms with Crippen molar-refractivity contribution < 1.29 is 9.53 Å². The molecular formula is C20H22N4O2. The molecule has 134 valence electrons. The molecule has 6 nitrogen and oxygen atoms in total. The minimum atomic E-state index is -0.583. The Kier molecular flexibility index (Phi) is 4.56. The molecule has 1 N–H and O–H groups in total. The van der Waals surface area contributed by atoms with Crippen LogP contribution in [0.1, 0.15) is 31.4 Å². The van der Waals surface area contributed by atoms with Gasteiger partial charge in [0.1, 0.15) is 11.6 Å². The van der Waals surface area contributed by atoms with Crippen molar-refractivity contribution in [2.24, 2.45) is 0 Å². The first-order valence-electron chi connectivity index (χ1n) is 9.05. The van der Waals surface area contributed by atoms with E-state index in [-0.39, 0.29) is 5.91 Å². The Morgan fingerprint density at radius 3 is 2.92 bits per heavy atom. The van der Waals surface area contributed by atoms with E-state index in [1.54, 1.807) is 6.92 Å². The zero-order valence-corrected chi connectivity index (χ0v) is 14.8. The number of rotatable bonds is 5. The minimum Gasteiger partial charge on any atom is -0.481 e. The lowest BCUT2D eigenvalue weighted by atomic mass is 10.1. The molecule has 1 unspecified atom stereocenters. The number of carbonyl (C=O) groups excluding carboxylic acids is 1. The number of fused-ring (bicyclic) bond motifs is 2. The lowest BCUT2D eigenvalue weighted by Crippen LogP contribution is -2.36. The molecule has 0 fully saturated rings. The van der Waals surface area contributed by atoms with E-state index in [0.717, 1.165) is 48.2 Å². The number of amides is 1. The summed E-state index contributed by atoms with van der Waals surface area (Å²) in [5, 5.41) is 13.6. The molecular weight excluding hydrogens is 328 g/mol. The van der Waals surface area contributed by atoms with Gasteiger partial charge < -0.3 is 14.6 Å². The summed E-state index contributed by atoms with van der Waals surface area (Å²) in [7, 11) is 0. The molecule has 1 aromatic heterocycles. The smallest absolute Gasteiger partial charge is 0.261 e. The van der Waals surface area contributed by atoms with Gasteiger partial charge in [-0.15, -0.1) is 10.2 Å². The zero-order valence-electron chi connectivity index (χ0n) is 14.8. The van der Waals surface area contributed by atoms with Gasteiger partial charge in [0.25, 0.3) is 5.91 Å². The van der Waals surface area contributed by atoms with Gasteiger partial charge in [-0.3, -0.25) is 4.79 Å². The Labute approximate surface area is 152 Å². The second-order valence-corrected chi connectivity index (χ2v) is 6.63. The first-order chi connectivity index (χ1) is 12.7. The van der Waals surface area contributed by atoms with Gasteiger partial charge in [0, 0.05) is 13.0 Å². The number of aryl methyl sites for hydroxylation is 1. The Hall–Kier alpha value is -2.89. The highest BCUT2D eigenvalue weighted by Crippen LogP contribution is 2.21. The molecule has 1 amide bonds. The fourth-order valence-electron chi connectivity index (χ4n) is 3.31. The van der Waals surface area contributed by atoms with Crippen molar-refractivity contribution in [3.8, 4) is 5.75 Å². The molecule has 26 heavy (non-hydrogen) atoms. The molecule has 0 aliphatic carbocycles. The van der Waals surface area contributed by atoms with Crippen molar-refractivity contribution in [3.63, 3.8) is 0 Å². The van der Waals surface area contributed by atoms with Crippen LogP contribution in [0.15, 0.2) is 42.5 Å². The average Bonchev–Trinajstić information content (AvgIpc) is 3.09. The van der Waals surface area contributed by atoms with E-state index in [4.69, 9.17) is 4.74 Å². The van der Waals surface area contributed by atoms with Crippen LogP contribution in [0.4, 0.5) is 0 Å². The number of benzene rings is 2. The van der Waals surface area contributed by atoms with Crippen LogP contribution in [0.2, 0.25) is 0 Å². The van der Waals surface area contributed by atoms with Gasteiger partial charge in [-0.05, 0) is 42.7 Å². The summed E-state index contributed by atoms with van der Waals surface area (Å²) in [5.41, 5.74) is 0. The maximum atomic E-state index is 12.4. The summed E-state index contributed by atoms with van der Waals surface area (Å²) in [6.45, 7) is 3.05. The van der Waals surface area contributed by atoms with E-state index in [1.165, 1.54) is 0 Å². The minimum absolute atomic E-state index is 0.161. The molecule has 0 radical (unpaired) electrons. The van der Waals surface area contributed by atoms with Gasteiger partial charge in [-0.25, -0.2) is 0 Å². The van der Waals surface area contributed by atoms with Gasteiger partial charge >= 0.3 is 0 Å². The maximum absolute atomic E-state index is 12.4. The van der Waals surface area contributed by atoms with Crippen LogP contribution in [-0.2, 0) is 24.3 Å². The van der Waals surface area contributed by atoms with Gasteiger partial charge in [0.05, 0.1) is 6.54 Å². The molecule has 4 rings (SSSR count). The molecule has 6 heteroatoms. The molecule has 0 saturated heterocycles. The SMILES string of the molecule is CC(Oc1ccc2ccccc2c1)C(=O)NCc1nnc2n1CCCC2. The number of nitrogens with zero attached hydrogens (tertiary/aromatic N) is 3. The lowest BCUT2D eigenvalue weighted by Gasteiger charge is -2.17. The van der Waals surface area contributed by atoms with Crippen molar-refractivity contribution in [2.75, 3.05) is 0 Å². The van der Waals surface area contributed by atoms with Crippen molar-refractivity contribution in [1.82, 2.24) is 20.1 Å². The van der Waals surface area contributed by atoms with E-state index in [2.05, 4.69) is 26.1 Å².